The van der Waals surface area contributed by atoms with Crippen molar-refractivity contribution in [2.24, 2.45) is 5.41 Å². The third kappa shape index (κ3) is 6.69. The van der Waals surface area contributed by atoms with E-state index in [9.17, 15) is 0 Å². The lowest BCUT2D eigenvalue weighted by Crippen LogP contribution is -2.45. The van der Waals surface area contributed by atoms with Crippen LogP contribution in [0.4, 0.5) is 0 Å². The topological polar surface area (TPSA) is 21.3 Å². The molecule has 1 aliphatic heterocycles. The van der Waals surface area contributed by atoms with Crippen LogP contribution in [0.3, 0.4) is 0 Å². The Morgan fingerprint density at radius 2 is 1.86 bits per heavy atom. The van der Waals surface area contributed by atoms with Crippen molar-refractivity contribution < 1.29 is 4.74 Å². The highest BCUT2D eigenvalue weighted by Gasteiger charge is 2.38. The van der Waals surface area contributed by atoms with E-state index in [1.54, 1.807) is 0 Å². The van der Waals surface area contributed by atoms with Gasteiger partial charge in [0, 0.05) is 12.1 Å². The molecule has 1 saturated heterocycles. The summed E-state index contributed by atoms with van der Waals surface area (Å²) in [6.45, 7) is 17.0. The first-order valence-corrected chi connectivity index (χ1v) is 9.04. The fraction of sp³-hybridized carbons (Fsp3) is 1.00. The summed E-state index contributed by atoms with van der Waals surface area (Å²) in [5.74, 6) is 0. The number of hydrogen-bond donors (Lipinski definition) is 1. The molecule has 0 aromatic rings. The van der Waals surface area contributed by atoms with Crippen molar-refractivity contribution in [2.75, 3.05) is 6.54 Å². The van der Waals surface area contributed by atoms with Crippen molar-refractivity contribution in [1.82, 2.24) is 5.32 Å². The van der Waals surface area contributed by atoms with Gasteiger partial charge in [-0.2, -0.15) is 0 Å². The van der Waals surface area contributed by atoms with Gasteiger partial charge in [0.2, 0.25) is 0 Å². The molecule has 0 amide bonds. The summed E-state index contributed by atoms with van der Waals surface area (Å²) in [7, 11) is 0. The van der Waals surface area contributed by atoms with Crippen molar-refractivity contribution in [3.63, 3.8) is 0 Å². The lowest BCUT2D eigenvalue weighted by molar-refractivity contribution is -0.0385. The van der Waals surface area contributed by atoms with E-state index in [4.69, 9.17) is 4.74 Å². The average Bonchev–Trinajstić information content (AvgIpc) is 2.71. The van der Waals surface area contributed by atoms with Gasteiger partial charge in [0.1, 0.15) is 0 Å². The van der Waals surface area contributed by atoms with E-state index in [-0.39, 0.29) is 11.1 Å². The molecule has 0 saturated carbocycles. The normalized spacial score (nSPS) is 25.0. The van der Waals surface area contributed by atoms with Crippen molar-refractivity contribution in [3.8, 4) is 0 Å². The molecule has 0 radical (unpaired) electrons. The molecular weight excluding hydrogens is 258 g/mol. The van der Waals surface area contributed by atoms with Gasteiger partial charge in [-0.25, -0.2) is 0 Å². The highest BCUT2D eigenvalue weighted by Crippen LogP contribution is 2.40. The average molecular weight is 298 g/mol. The van der Waals surface area contributed by atoms with Crippen LogP contribution < -0.4 is 5.32 Å². The summed E-state index contributed by atoms with van der Waals surface area (Å²) in [5, 5.41) is 3.76. The zero-order valence-corrected chi connectivity index (χ0v) is 15.6. The maximum Gasteiger partial charge on any atom is 0.0631 e. The Hall–Kier alpha value is -0.0800. The molecule has 2 atom stereocenters. The largest absolute Gasteiger partial charge is 0.372 e. The van der Waals surface area contributed by atoms with E-state index in [2.05, 4.69) is 53.8 Å². The smallest absolute Gasteiger partial charge is 0.0631 e. The van der Waals surface area contributed by atoms with Crippen LogP contribution >= 0.6 is 0 Å². The molecule has 0 aromatic heterocycles. The molecule has 2 nitrogen and oxygen atoms in total. The lowest BCUT2D eigenvalue weighted by Gasteiger charge is -2.38. The lowest BCUT2D eigenvalue weighted by atomic mass is 9.74. The monoisotopic (exact) mass is 297 g/mol. The van der Waals surface area contributed by atoms with Crippen LogP contribution in [-0.4, -0.2) is 23.8 Å². The highest BCUT2D eigenvalue weighted by atomic mass is 16.5. The van der Waals surface area contributed by atoms with Gasteiger partial charge < -0.3 is 10.1 Å². The van der Waals surface area contributed by atoms with Gasteiger partial charge in [-0.15, -0.1) is 0 Å². The number of unbranched alkanes of at least 4 members (excludes halogenated alkanes) is 1. The molecule has 1 heterocycles. The fourth-order valence-corrected chi connectivity index (χ4v) is 3.42. The molecule has 1 fully saturated rings. The predicted molar refractivity (Wildman–Crippen MR) is 92.8 cm³/mol. The van der Waals surface area contributed by atoms with Gasteiger partial charge in [0.15, 0.2) is 0 Å². The molecular formula is C19H39NO. The minimum Gasteiger partial charge on any atom is -0.372 e. The first-order valence-electron chi connectivity index (χ1n) is 9.04. The van der Waals surface area contributed by atoms with E-state index < -0.39 is 0 Å². The SMILES string of the molecule is CCCCC(CC)(CNC(C)(C)C)CC1CCC(C)(C)O1. The van der Waals surface area contributed by atoms with E-state index in [1.165, 1.54) is 44.9 Å². The summed E-state index contributed by atoms with van der Waals surface area (Å²) in [6, 6.07) is 0. The summed E-state index contributed by atoms with van der Waals surface area (Å²) in [4.78, 5) is 0. The summed E-state index contributed by atoms with van der Waals surface area (Å²) in [6.07, 6.45) is 9.30. The molecule has 0 bridgehead atoms. The minimum absolute atomic E-state index is 0.0896. The highest BCUT2D eigenvalue weighted by molar-refractivity contribution is 4.90. The van der Waals surface area contributed by atoms with Crippen molar-refractivity contribution >= 4 is 0 Å². The van der Waals surface area contributed by atoms with Crippen LogP contribution in [0.5, 0.6) is 0 Å². The molecule has 126 valence electrons. The minimum atomic E-state index is 0.0896. The maximum absolute atomic E-state index is 6.29. The summed E-state index contributed by atoms with van der Waals surface area (Å²) < 4.78 is 6.29. The second-order valence-electron chi connectivity index (χ2n) is 8.80. The number of hydrogen-bond acceptors (Lipinski definition) is 2. The molecule has 0 aromatic carbocycles. The standard InChI is InChI=1S/C19H39NO/c1-8-10-12-19(9-2,15-20-17(3,4)5)14-16-11-13-18(6,7)21-16/h16,20H,8-15H2,1-7H3. The number of ether oxygens (including phenoxy) is 1. The van der Waals surface area contributed by atoms with E-state index >= 15 is 0 Å². The molecule has 0 aliphatic carbocycles. The Bertz CT molecular complexity index is 305. The Labute approximate surface area is 133 Å². The molecule has 0 spiro atoms. The molecule has 2 heteroatoms. The fourth-order valence-electron chi connectivity index (χ4n) is 3.42. The van der Waals surface area contributed by atoms with E-state index in [1.807, 2.05) is 0 Å². The summed E-state index contributed by atoms with van der Waals surface area (Å²) in [5.41, 5.74) is 0.684. The molecule has 1 aliphatic rings. The van der Waals surface area contributed by atoms with Crippen LogP contribution in [0.15, 0.2) is 0 Å². The Balaban J connectivity index is 2.70. The van der Waals surface area contributed by atoms with E-state index in [0.29, 0.717) is 11.5 Å². The molecule has 21 heavy (non-hydrogen) atoms. The number of nitrogens with one attached hydrogen (secondary N) is 1. The van der Waals surface area contributed by atoms with Gasteiger partial charge in [0.05, 0.1) is 11.7 Å². The first-order chi connectivity index (χ1) is 9.61. The maximum atomic E-state index is 6.29. The van der Waals surface area contributed by atoms with Crippen molar-refractivity contribution in [1.29, 1.82) is 0 Å². The van der Waals surface area contributed by atoms with Gasteiger partial charge in [-0.3, -0.25) is 0 Å². The van der Waals surface area contributed by atoms with Crippen molar-refractivity contribution in [3.05, 3.63) is 0 Å². The second-order valence-corrected chi connectivity index (χ2v) is 8.80. The third-order valence-corrected chi connectivity index (χ3v) is 5.02. The Morgan fingerprint density at radius 3 is 2.29 bits per heavy atom. The summed E-state index contributed by atoms with van der Waals surface area (Å²) >= 11 is 0. The van der Waals surface area contributed by atoms with Crippen molar-refractivity contribution in [2.45, 2.75) is 111 Å². The third-order valence-electron chi connectivity index (χ3n) is 5.02. The van der Waals surface area contributed by atoms with Crippen LogP contribution in [0.2, 0.25) is 0 Å². The second kappa shape index (κ2) is 7.46. The zero-order valence-electron chi connectivity index (χ0n) is 15.6. The van der Waals surface area contributed by atoms with Gasteiger partial charge in [-0.05, 0) is 72.1 Å². The Kier molecular flexibility index (Phi) is 6.74. The van der Waals surface area contributed by atoms with Crippen LogP contribution in [0.1, 0.15) is 93.4 Å². The Morgan fingerprint density at radius 1 is 1.19 bits per heavy atom. The van der Waals surface area contributed by atoms with Gasteiger partial charge in [0.25, 0.3) is 0 Å². The first kappa shape index (κ1) is 19.0. The number of rotatable bonds is 8. The predicted octanol–water partition coefficient (Wildman–Crippen LogP) is 5.31. The quantitative estimate of drug-likeness (QED) is 0.655. The van der Waals surface area contributed by atoms with Crippen LogP contribution in [0.25, 0.3) is 0 Å². The molecule has 1 N–H and O–H groups in total. The van der Waals surface area contributed by atoms with Gasteiger partial charge in [-0.1, -0.05) is 26.7 Å². The molecule has 2 unspecified atom stereocenters. The molecule has 1 rings (SSSR count). The van der Waals surface area contributed by atoms with E-state index in [0.717, 1.165) is 6.54 Å². The van der Waals surface area contributed by atoms with Gasteiger partial charge >= 0.3 is 0 Å². The zero-order chi connectivity index (χ0) is 16.1. The van der Waals surface area contributed by atoms with Crippen LogP contribution in [-0.2, 0) is 4.74 Å². The van der Waals surface area contributed by atoms with Crippen LogP contribution in [0, 0.1) is 5.41 Å².